The molecule has 0 aromatic heterocycles. The van der Waals surface area contributed by atoms with E-state index in [2.05, 4.69) is 158 Å². The van der Waals surface area contributed by atoms with Gasteiger partial charge in [0.25, 0.3) is 0 Å². The topological polar surface area (TPSA) is 75.5 Å². The predicted molar refractivity (Wildman–Crippen MR) is 245 cm³/mol. The van der Waals surface area contributed by atoms with Gasteiger partial charge in [0.05, 0.1) is 18.3 Å². The summed E-state index contributed by atoms with van der Waals surface area (Å²) in [6.07, 6.45) is 15.6. The molecule has 0 fully saturated rings. The Labute approximate surface area is 337 Å². The van der Waals surface area contributed by atoms with E-state index in [0.717, 1.165) is 56.6 Å². The first-order chi connectivity index (χ1) is 28.0. The molecule has 2 unspecified atom stereocenters. The van der Waals surface area contributed by atoms with Crippen molar-refractivity contribution in [3.63, 3.8) is 0 Å². The van der Waals surface area contributed by atoms with Crippen molar-refractivity contribution in [2.45, 2.75) is 46.7 Å². The molecule has 1 aliphatic heterocycles. The second-order valence-corrected chi connectivity index (χ2v) is 14.0. The summed E-state index contributed by atoms with van der Waals surface area (Å²) in [5.41, 5.74) is 18.6. The summed E-state index contributed by atoms with van der Waals surface area (Å²) < 4.78 is 0. The Balaban J connectivity index is 0.00000244. The largest absolute Gasteiger partial charge is 0.383 e. The quantitative estimate of drug-likeness (QED) is 0.122. The molecule has 1 aliphatic carbocycles. The third-order valence-electron chi connectivity index (χ3n) is 10.4. The number of aryl methyl sites for hydroxylation is 1. The molecule has 0 amide bonds. The van der Waals surface area contributed by atoms with E-state index in [1.165, 1.54) is 21.9 Å². The fraction of sp³-hybridized carbons (Fsp3) is 0.154. The van der Waals surface area contributed by atoms with E-state index in [9.17, 15) is 0 Å². The molecule has 2 atom stereocenters. The number of hydrogen-bond acceptors (Lipinski definition) is 3. The number of aliphatic imine (C=N–C) groups is 4. The number of benzene rings is 6. The molecule has 5 heteroatoms. The first-order valence-electron chi connectivity index (χ1n) is 19.9. The molecule has 282 valence electrons. The van der Waals surface area contributed by atoms with Gasteiger partial charge in [0.1, 0.15) is 5.84 Å². The molecular formula is C52H49N5. The van der Waals surface area contributed by atoms with Crippen molar-refractivity contribution >= 4 is 46.1 Å². The number of fused-ring (bicyclic) bond motifs is 3. The summed E-state index contributed by atoms with van der Waals surface area (Å²) in [7, 11) is 0. The number of nitrogens with zero attached hydrogens (tertiary/aromatic N) is 4. The molecule has 6 aromatic rings. The van der Waals surface area contributed by atoms with Gasteiger partial charge in [-0.3, -0.25) is 15.0 Å². The standard InChI is InChI=1S/C50H43N5.C2H6/c1-3-52-48-34(2)10-6-18-46(48)40-21-19-36(20-22-40)33-54-50(42-29-25-38(26-30-42)44-16-8-14-37-13-4-5-15-43(37)44)55-49(51)41-27-23-39(24-28-41)45-17-7-11-35-12-9-31-53-47(45)32-35;1-2/h3-31,35,47H,32-33H2,1-2H3,(H2,51,54,55);1-2H3. The van der Waals surface area contributed by atoms with Gasteiger partial charge in [-0.1, -0.05) is 172 Å². The third kappa shape index (κ3) is 8.90. The molecule has 5 nitrogen and oxygen atoms in total. The smallest absolute Gasteiger partial charge is 0.157 e. The summed E-state index contributed by atoms with van der Waals surface area (Å²) in [4.78, 5) is 19.5. The molecule has 1 heterocycles. The van der Waals surface area contributed by atoms with Gasteiger partial charge in [-0.25, -0.2) is 4.99 Å². The Kier molecular flexibility index (Phi) is 12.4. The molecule has 6 aromatic carbocycles. The van der Waals surface area contributed by atoms with Crippen molar-refractivity contribution in [2.75, 3.05) is 0 Å². The van der Waals surface area contributed by atoms with Gasteiger partial charge < -0.3 is 5.73 Å². The minimum absolute atomic E-state index is 0.111. The Morgan fingerprint density at radius 3 is 2.16 bits per heavy atom. The van der Waals surface area contributed by atoms with Crippen LogP contribution in [0.4, 0.5) is 5.69 Å². The number of nitrogens with two attached hydrogens (primary N) is 1. The first-order valence-corrected chi connectivity index (χ1v) is 19.9. The van der Waals surface area contributed by atoms with Crippen LogP contribution in [-0.4, -0.2) is 30.1 Å². The van der Waals surface area contributed by atoms with Gasteiger partial charge in [-0.15, -0.1) is 0 Å². The monoisotopic (exact) mass is 743 g/mol. The number of para-hydroxylation sites is 1. The van der Waals surface area contributed by atoms with E-state index >= 15 is 0 Å². The maximum atomic E-state index is 6.78. The van der Waals surface area contributed by atoms with Crippen molar-refractivity contribution < 1.29 is 0 Å². The molecule has 57 heavy (non-hydrogen) atoms. The van der Waals surface area contributed by atoms with Crippen LogP contribution in [0.5, 0.6) is 0 Å². The minimum atomic E-state index is 0.111. The Morgan fingerprint density at radius 2 is 1.37 bits per heavy atom. The second-order valence-electron chi connectivity index (χ2n) is 14.0. The zero-order chi connectivity index (χ0) is 39.6. The van der Waals surface area contributed by atoms with E-state index in [1.807, 2.05) is 51.4 Å². The van der Waals surface area contributed by atoms with Crippen LogP contribution in [0.25, 0.3) is 38.6 Å². The van der Waals surface area contributed by atoms with Crippen LogP contribution in [0.2, 0.25) is 0 Å². The highest BCUT2D eigenvalue weighted by molar-refractivity contribution is 6.11. The summed E-state index contributed by atoms with van der Waals surface area (Å²) in [5, 5.41) is 2.44. The fourth-order valence-electron chi connectivity index (χ4n) is 7.42. The normalized spacial score (nSPS) is 16.5. The highest BCUT2D eigenvalue weighted by atomic mass is 15.0. The molecule has 2 bridgehead atoms. The Morgan fingerprint density at radius 1 is 0.719 bits per heavy atom. The average molecular weight is 744 g/mol. The third-order valence-corrected chi connectivity index (χ3v) is 10.4. The average Bonchev–Trinajstić information content (AvgIpc) is 3.63. The van der Waals surface area contributed by atoms with Crippen LogP contribution >= 0.6 is 0 Å². The van der Waals surface area contributed by atoms with Crippen molar-refractivity contribution in [3.8, 4) is 22.3 Å². The van der Waals surface area contributed by atoms with Crippen LogP contribution in [0.15, 0.2) is 184 Å². The maximum absolute atomic E-state index is 6.78. The van der Waals surface area contributed by atoms with Gasteiger partial charge in [0.2, 0.25) is 0 Å². The highest BCUT2D eigenvalue weighted by Crippen LogP contribution is 2.34. The van der Waals surface area contributed by atoms with Crippen LogP contribution in [-0.2, 0) is 6.54 Å². The zero-order valence-electron chi connectivity index (χ0n) is 33.2. The van der Waals surface area contributed by atoms with E-state index in [1.54, 1.807) is 0 Å². The van der Waals surface area contributed by atoms with Crippen molar-refractivity contribution in [1.29, 1.82) is 0 Å². The lowest BCUT2D eigenvalue weighted by Gasteiger charge is -2.17. The van der Waals surface area contributed by atoms with Crippen molar-refractivity contribution in [3.05, 3.63) is 192 Å². The van der Waals surface area contributed by atoms with Crippen molar-refractivity contribution in [1.82, 2.24) is 0 Å². The lowest BCUT2D eigenvalue weighted by atomic mass is 9.92. The second kappa shape index (κ2) is 18.3. The van der Waals surface area contributed by atoms with E-state index < -0.39 is 0 Å². The molecule has 2 aliphatic rings. The zero-order valence-corrected chi connectivity index (χ0v) is 33.2. The molecule has 0 saturated carbocycles. The van der Waals surface area contributed by atoms with Gasteiger partial charge >= 0.3 is 0 Å². The molecule has 0 saturated heterocycles. The number of amidine groups is 2. The van der Waals surface area contributed by atoms with Crippen molar-refractivity contribution in [2.24, 2.45) is 31.6 Å². The SMILES string of the molecule is CC.CC=Nc1c(C)cccc1-c1ccc(CN=C(N=C(N)c2ccc(C3=CC=CC4C=CC=NC3C4)cc2)c2ccc(-c3cccc4ccccc34)cc2)cc1. The molecule has 2 N–H and O–H groups in total. The summed E-state index contributed by atoms with van der Waals surface area (Å²) in [6.45, 7) is 8.49. The molecular weight excluding hydrogens is 695 g/mol. The summed E-state index contributed by atoms with van der Waals surface area (Å²) in [6, 6.07) is 46.6. The Hall–Kier alpha value is -6.72. The van der Waals surface area contributed by atoms with Gasteiger partial charge in [0, 0.05) is 29.1 Å². The number of allylic oxidation sites excluding steroid dienone is 5. The van der Waals surface area contributed by atoms with E-state index in [4.69, 9.17) is 20.7 Å². The first kappa shape index (κ1) is 38.6. The Bertz CT molecular complexity index is 2540. The van der Waals surface area contributed by atoms with Crippen LogP contribution in [0, 0.1) is 12.8 Å². The predicted octanol–water partition coefficient (Wildman–Crippen LogP) is 12.6. The summed E-state index contributed by atoms with van der Waals surface area (Å²) in [5.74, 6) is 1.38. The molecule has 0 radical (unpaired) electrons. The van der Waals surface area contributed by atoms with Crippen LogP contribution in [0.1, 0.15) is 55.0 Å². The lowest BCUT2D eigenvalue weighted by Crippen LogP contribution is -2.17. The highest BCUT2D eigenvalue weighted by Gasteiger charge is 2.21. The molecule has 8 rings (SSSR count). The van der Waals surface area contributed by atoms with Gasteiger partial charge in [0.15, 0.2) is 5.84 Å². The van der Waals surface area contributed by atoms with Gasteiger partial charge in [-0.05, 0) is 82.0 Å². The lowest BCUT2D eigenvalue weighted by molar-refractivity contribution is 0.664. The maximum Gasteiger partial charge on any atom is 0.157 e. The van der Waals surface area contributed by atoms with Gasteiger partial charge in [-0.2, -0.15) is 0 Å². The van der Waals surface area contributed by atoms with Crippen LogP contribution < -0.4 is 5.73 Å². The number of rotatable bonds is 8. The molecule has 0 spiro atoms. The van der Waals surface area contributed by atoms with E-state index in [0.29, 0.717) is 24.1 Å². The van der Waals surface area contributed by atoms with E-state index in [-0.39, 0.29) is 6.04 Å². The number of hydrogen-bond donors (Lipinski definition) is 1. The summed E-state index contributed by atoms with van der Waals surface area (Å²) >= 11 is 0. The van der Waals surface area contributed by atoms with Crippen LogP contribution in [0.3, 0.4) is 0 Å². The fourth-order valence-corrected chi connectivity index (χ4v) is 7.42. The minimum Gasteiger partial charge on any atom is -0.383 e.